The number of hydrogen-bond donors (Lipinski definition) is 2. The Morgan fingerprint density at radius 3 is 2.73 bits per heavy atom. The topological polar surface area (TPSA) is 58.4 Å². The van der Waals surface area contributed by atoms with Crippen LogP contribution >= 0.6 is 0 Å². The molecule has 0 heterocycles. The van der Waals surface area contributed by atoms with E-state index >= 15 is 0 Å². The van der Waals surface area contributed by atoms with Gasteiger partial charge in [0.15, 0.2) is 0 Å². The first kappa shape index (κ1) is 12.5. The molecule has 1 saturated carbocycles. The maximum Gasteiger partial charge on any atom is 0.221 e. The molecule has 1 amide bonds. The number of nitrogens with two attached hydrogens (primary N) is 1. The van der Waals surface area contributed by atoms with Gasteiger partial charge in [-0.2, -0.15) is 0 Å². The molecule has 15 heavy (non-hydrogen) atoms. The number of carbonyl (C=O) groups is 1. The quantitative estimate of drug-likeness (QED) is 0.611. The number of nitrogens with one attached hydrogen (secondary N) is 1. The molecule has 3 N–H and O–H groups in total. The van der Waals surface area contributed by atoms with E-state index in [4.69, 9.17) is 5.73 Å². The normalized spacial score (nSPS) is 15.7. The SMILES string of the molecule is CCN(CCCN)CCC(=O)NC1CC1. The molecule has 0 spiro atoms. The molecule has 4 nitrogen and oxygen atoms in total. The molecule has 0 aromatic rings. The second-order valence-corrected chi connectivity index (χ2v) is 4.17. The first-order chi connectivity index (χ1) is 7.26. The predicted octanol–water partition coefficient (Wildman–Crippen LogP) is 0.326. The summed E-state index contributed by atoms with van der Waals surface area (Å²) in [6, 6.07) is 0.483. The summed E-state index contributed by atoms with van der Waals surface area (Å²) in [6.45, 7) is 5.70. The molecule has 0 aromatic heterocycles. The Hall–Kier alpha value is -0.610. The zero-order valence-electron chi connectivity index (χ0n) is 9.67. The summed E-state index contributed by atoms with van der Waals surface area (Å²) in [5.74, 6) is 0.198. The molecule has 1 rings (SSSR count). The Morgan fingerprint density at radius 2 is 2.20 bits per heavy atom. The van der Waals surface area contributed by atoms with Crippen LogP contribution in [0.5, 0.6) is 0 Å². The van der Waals surface area contributed by atoms with Gasteiger partial charge in [0.25, 0.3) is 0 Å². The van der Waals surface area contributed by atoms with Crippen molar-refractivity contribution in [3.8, 4) is 0 Å². The summed E-state index contributed by atoms with van der Waals surface area (Å²) >= 11 is 0. The van der Waals surface area contributed by atoms with Crippen molar-refractivity contribution in [2.24, 2.45) is 5.73 Å². The van der Waals surface area contributed by atoms with Crippen LogP contribution in [-0.4, -0.2) is 43.0 Å². The van der Waals surface area contributed by atoms with E-state index < -0.39 is 0 Å². The Balaban J connectivity index is 2.06. The van der Waals surface area contributed by atoms with E-state index in [1.54, 1.807) is 0 Å². The van der Waals surface area contributed by atoms with Gasteiger partial charge in [-0.25, -0.2) is 0 Å². The van der Waals surface area contributed by atoms with Gasteiger partial charge in [0.2, 0.25) is 5.91 Å². The van der Waals surface area contributed by atoms with Crippen molar-refractivity contribution in [3.05, 3.63) is 0 Å². The summed E-state index contributed by atoms with van der Waals surface area (Å²) in [5, 5.41) is 3.00. The Morgan fingerprint density at radius 1 is 1.47 bits per heavy atom. The van der Waals surface area contributed by atoms with Gasteiger partial charge in [-0.05, 0) is 38.9 Å². The highest BCUT2D eigenvalue weighted by Crippen LogP contribution is 2.18. The molecule has 4 heteroatoms. The van der Waals surface area contributed by atoms with Crippen LogP contribution in [0.15, 0.2) is 0 Å². The highest BCUT2D eigenvalue weighted by Gasteiger charge is 2.22. The van der Waals surface area contributed by atoms with Crippen LogP contribution in [-0.2, 0) is 4.79 Å². The van der Waals surface area contributed by atoms with Crippen molar-refractivity contribution >= 4 is 5.91 Å². The summed E-state index contributed by atoms with van der Waals surface area (Å²) in [7, 11) is 0. The van der Waals surface area contributed by atoms with E-state index in [1.807, 2.05) is 0 Å². The Kier molecular flexibility index (Phi) is 5.65. The smallest absolute Gasteiger partial charge is 0.221 e. The van der Waals surface area contributed by atoms with Crippen LogP contribution in [0.4, 0.5) is 0 Å². The lowest BCUT2D eigenvalue weighted by atomic mass is 10.3. The van der Waals surface area contributed by atoms with E-state index in [1.165, 1.54) is 0 Å². The molecule has 0 atom stereocenters. The van der Waals surface area contributed by atoms with Gasteiger partial charge in [-0.3, -0.25) is 4.79 Å². The summed E-state index contributed by atoms with van der Waals surface area (Å²) in [6.07, 6.45) is 3.96. The van der Waals surface area contributed by atoms with Gasteiger partial charge < -0.3 is 16.0 Å². The van der Waals surface area contributed by atoms with E-state index in [9.17, 15) is 4.79 Å². The predicted molar refractivity (Wildman–Crippen MR) is 61.6 cm³/mol. The number of rotatable bonds is 8. The average molecular weight is 213 g/mol. The lowest BCUT2D eigenvalue weighted by Gasteiger charge is -2.19. The molecule has 0 bridgehead atoms. The molecule has 0 radical (unpaired) electrons. The number of hydrogen-bond acceptors (Lipinski definition) is 3. The molecule has 0 unspecified atom stereocenters. The fraction of sp³-hybridized carbons (Fsp3) is 0.909. The fourth-order valence-corrected chi connectivity index (χ4v) is 1.53. The summed E-state index contributed by atoms with van der Waals surface area (Å²) in [4.78, 5) is 13.7. The van der Waals surface area contributed by atoms with E-state index in [0.717, 1.165) is 45.4 Å². The fourth-order valence-electron chi connectivity index (χ4n) is 1.53. The average Bonchev–Trinajstić information content (AvgIpc) is 3.02. The third kappa shape index (κ3) is 5.74. The van der Waals surface area contributed by atoms with Crippen LogP contribution in [0, 0.1) is 0 Å². The molecular weight excluding hydrogens is 190 g/mol. The van der Waals surface area contributed by atoms with Gasteiger partial charge in [-0.15, -0.1) is 0 Å². The van der Waals surface area contributed by atoms with Gasteiger partial charge in [0.05, 0.1) is 0 Å². The molecule has 1 aliphatic rings. The molecule has 0 aromatic carbocycles. The second kappa shape index (κ2) is 6.80. The highest BCUT2D eigenvalue weighted by molar-refractivity contribution is 5.76. The first-order valence-electron chi connectivity index (χ1n) is 5.98. The molecule has 0 saturated heterocycles. The molecule has 0 aliphatic heterocycles. The van der Waals surface area contributed by atoms with Crippen molar-refractivity contribution in [1.82, 2.24) is 10.2 Å². The lowest BCUT2D eigenvalue weighted by molar-refractivity contribution is -0.121. The van der Waals surface area contributed by atoms with Crippen LogP contribution < -0.4 is 11.1 Å². The monoisotopic (exact) mass is 213 g/mol. The molecular formula is C11H23N3O. The van der Waals surface area contributed by atoms with Crippen molar-refractivity contribution in [2.45, 2.75) is 38.6 Å². The standard InChI is InChI=1S/C11H23N3O/c1-2-14(8-3-7-12)9-6-11(15)13-10-4-5-10/h10H,2-9,12H2,1H3,(H,13,15). The molecule has 1 aliphatic carbocycles. The van der Waals surface area contributed by atoms with Gasteiger partial charge in [0, 0.05) is 19.0 Å². The maximum absolute atomic E-state index is 11.4. The van der Waals surface area contributed by atoms with Crippen LogP contribution in [0.25, 0.3) is 0 Å². The number of carbonyl (C=O) groups excluding carboxylic acids is 1. The van der Waals surface area contributed by atoms with Crippen molar-refractivity contribution in [1.29, 1.82) is 0 Å². The molecule has 88 valence electrons. The third-order valence-corrected chi connectivity index (χ3v) is 2.72. The van der Waals surface area contributed by atoms with Crippen LogP contribution in [0.3, 0.4) is 0 Å². The second-order valence-electron chi connectivity index (χ2n) is 4.17. The Labute approximate surface area is 92.2 Å². The van der Waals surface area contributed by atoms with Crippen LogP contribution in [0.1, 0.15) is 32.6 Å². The van der Waals surface area contributed by atoms with E-state index in [-0.39, 0.29) is 5.91 Å². The lowest BCUT2D eigenvalue weighted by Crippen LogP contribution is -2.32. The van der Waals surface area contributed by atoms with Crippen LogP contribution in [0.2, 0.25) is 0 Å². The third-order valence-electron chi connectivity index (χ3n) is 2.72. The van der Waals surface area contributed by atoms with E-state index in [2.05, 4.69) is 17.1 Å². The summed E-state index contributed by atoms with van der Waals surface area (Å²) < 4.78 is 0. The minimum atomic E-state index is 0.198. The van der Waals surface area contributed by atoms with Gasteiger partial charge in [0.1, 0.15) is 0 Å². The Bertz CT molecular complexity index is 192. The highest BCUT2D eigenvalue weighted by atomic mass is 16.1. The van der Waals surface area contributed by atoms with Crippen molar-refractivity contribution < 1.29 is 4.79 Å². The zero-order valence-corrected chi connectivity index (χ0v) is 9.67. The first-order valence-corrected chi connectivity index (χ1v) is 5.98. The number of amides is 1. The van der Waals surface area contributed by atoms with Gasteiger partial charge >= 0.3 is 0 Å². The zero-order chi connectivity index (χ0) is 11.1. The molecule has 1 fully saturated rings. The van der Waals surface area contributed by atoms with Crippen molar-refractivity contribution in [3.63, 3.8) is 0 Å². The van der Waals surface area contributed by atoms with Gasteiger partial charge in [-0.1, -0.05) is 6.92 Å². The van der Waals surface area contributed by atoms with Crippen molar-refractivity contribution in [2.75, 3.05) is 26.2 Å². The minimum absolute atomic E-state index is 0.198. The maximum atomic E-state index is 11.4. The van der Waals surface area contributed by atoms with E-state index in [0.29, 0.717) is 12.5 Å². The number of nitrogens with zero attached hydrogens (tertiary/aromatic N) is 1. The minimum Gasteiger partial charge on any atom is -0.353 e. The largest absolute Gasteiger partial charge is 0.353 e. The summed E-state index contributed by atoms with van der Waals surface area (Å²) in [5.41, 5.74) is 5.46.